The van der Waals surface area contributed by atoms with Gasteiger partial charge in [0.15, 0.2) is 0 Å². The molecule has 2 nitrogen and oxygen atoms in total. The van der Waals surface area contributed by atoms with Crippen LogP contribution in [0.15, 0.2) is 35.1 Å². The van der Waals surface area contributed by atoms with Crippen molar-refractivity contribution in [2.75, 3.05) is 0 Å². The van der Waals surface area contributed by atoms with Crippen molar-refractivity contribution in [2.45, 2.75) is 19.9 Å². The van der Waals surface area contributed by atoms with E-state index in [0.717, 1.165) is 10.9 Å². The average Bonchev–Trinajstić information content (AvgIpc) is 2.19. The van der Waals surface area contributed by atoms with Gasteiger partial charge in [0, 0.05) is 6.04 Å². The fourth-order valence-corrected chi connectivity index (χ4v) is 1.97. The van der Waals surface area contributed by atoms with Crippen LogP contribution in [0.1, 0.15) is 19.9 Å². The van der Waals surface area contributed by atoms with Crippen LogP contribution >= 0.6 is 11.6 Å². The van der Waals surface area contributed by atoms with Crippen molar-refractivity contribution >= 4 is 22.5 Å². The molecule has 1 heterocycles. The van der Waals surface area contributed by atoms with Crippen molar-refractivity contribution in [3.8, 4) is 0 Å². The van der Waals surface area contributed by atoms with Gasteiger partial charge in [0.25, 0.3) is 5.56 Å². The lowest BCUT2D eigenvalue weighted by Crippen LogP contribution is -2.22. The molecule has 0 aliphatic heterocycles. The van der Waals surface area contributed by atoms with E-state index < -0.39 is 0 Å². The SMILES string of the molecule is CC(C)n1c(=O)c(Cl)cc2ccccc21. The van der Waals surface area contributed by atoms with Gasteiger partial charge in [0.05, 0.1) is 5.52 Å². The predicted octanol–water partition coefficient (Wildman–Crippen LogP) is 3.24. The number of aromatic nitrogens is 1. The number of benzene rings is 1. The molecule has 78 valence electrons. The second-order valence-corrected chi connectivity index (χ2v) is 4.23. The first-order valence-corrected chi connectivity index (χ1v) is 5.29. The smallest absolute Gasteiger partial charge is 0.270 e. The van der Waals surface area contributed by atoms with Crippen LogP contribution in [0.4, 0.5) is 0 Å². The lowest BCUT2D eigenvalue weighted by Gasteiger charge is -2.14. The lowest BCUT2D eigenvalue weighted by atomic mass is 10.2. The summed E-state index contributed by atoms with van der Waals surface area (Å²) in [6, 6.07) is 9.59. The Balaban J connectivity index is 2.96. The quantitative estimate of drug-likeness (QED) is 0.725. The van der Waals surface area contributed by atoms with Gasteiger partial charge in [-0.05, 0) is 31.4 Å². The van der Waals surface area contributed by atoms with Crippen molar-refractivity contribution in [2.24, 2.45) is 0 Å². The standard InChI is InChI=1S/C12H12ClNO/c1-8(2)14-11-6-4-3-5-9(11)7-10(13)12(14)15/h3-8H,1-2H3. The highest BCUT2D eigenvalue weighted by molar-refractivity contribution is 6.31. The summed E-state index contributed by atoms with van der Waals surface area (Å²) >= 11 is 5.90. The summed E-state index contributed by atoms with van der Waals surface area (Å²) in [6.07, 6.45) is 0. The first-order chi connectivity index (χ1) is 7.11. The maximum absolute atomic E-state index is 11.9. The van der Waals surface area contributed by atoms with Crippen molar-refractivity contribution in [1.29, 1.82) is 0 Å². The van der Waals surface area contributed by atoms with Gasteiger partial charge in [-0.2, -0.15) is 0 Å². The van der Waals surface area contributed by atoms with E-state index >= 15 is 0 Å². The zero-order valence-electron chi connectivity index (χ0n) is 8.70. The number of hydrogen-bond donors (Lipinski definition) is 0. The second kappa shape index (κ2) is 3.70. The third kappa shape index (κ3) is 1.65. The zero-order chi connectivity index (χ0) is 11.0. The Hall–Kier alpha value is -1.28. The first-order valence-electron chi connectivity index (χ1n) is 4.91. The summed E-state index contributed by atoms with van der Waals surface area (Å²) in [6.45, 7) is 3.95. The molecular formula is C12H12ClNO. The Morgan fingerprint density at radius 3 is 2.60 bits per heavy atom. The van der Waals surface area contributed by atoms with E-state index in [1.165, 1.54) is 0 Å². The number of nitrogens with zero attached hydrogens (tertiary/aromatic N) is 1. The maximum Gasteiger partial charge on any atom is 0.270 e. The van der Waals surface area contributed by atoms with Gasteiger partial charge in [-0.25, -0.2) is 0 Å². The summed E-state index contributed by atoms with van der Waals surface area (Å²) < 4.78 is 1.72. The van der Waals surface area contributed by atoms with Gasteiger partial charge < -0.3 is 4.57 Å². The molecule has 0 saturated heterocycles. The second-order valence-electron chi connectivity index (χ2n) is 3.82. The number of rotatable bonds is 1. The minimum absolute atomic E-state index is 0.112. The van der Waals surface area contributed by atoms with Crippen molar-refractivity contribution in [3.05, 3.63) is 45.7 Å². The molecule has 15 heavy (non-hydrogen) atoms. The first kappa shape index (κ1) is 10.2. The average molecular weight is 222 g/mol. The highest BCUT2D eigenvalue weighted by atomic mass is 35.5. The summed E-state index contributed by atoms with van der Waals surface area (Å²) in [7, 11) is 0. The van der Waals surface area contributed by atoms with Crippen LogP contribution in [0, 0.1) is 0 Å². The van der Waals surface area contributed by atoms with Crippen LogP contribution in [-0.4, -0.2) is 4.57 Å². The molecule has 3 heteroatoms. The Morgan fingerprint density at radius 2 is 1.93 bits per heavy atom. The molecule has 1 aromatic heterocycles. The van der Waals surface area contributed by atoms with Crippen LogP contribution in [-0.2, 0) is 0 Å². The largest absolute Gasteiger partial charge is 0.305 e. The van der Waals surface area contributed by atoms with Gasteiger partial charge in [-0.15, -0.1) is 0 Å². The third-order valence-electron chi connectivity index (χ3n) is 2.42. The van der Waals surface area contributed by atoms with Crippen molar-refractivity contribution in [1.82, 2.24) is 4.57 Å². The number of halogens is 1. The zero-order valence-corrected chi connectivity index (χ0v) is 9.45. The fourth-order valence-electron chi connectivity index (χ4n) is 1.76. The molecule has 0 fully saturated rings. The molecule has 2 aromatic rings. The number of hydrogen-bond acceptors (Lipinski definition) is 1. The molecule has 0 aliphatic rings. The van der Waals surface area contributed by atoms with E-state index in [0.29, 0.717) is 0 Å². The monoisotopic (exact) mass is 221 g/mol. The predicted molar refractivity (Wildman–Crippen MR) is 63.6 cm³/mol. The van der Waals surface area contributed by atoms with Crippen LogP contribution < -0.4 is 5.56 Å². The normalized spacial score (nSPS) is 11.2. The molecule has 0 unspecified atom stereocenters. The summed E-state index contributed by atoms with van der Waals surface area (Å²) in [5.74, 6) is 0. The van der Waals surface area contributed by atoms with Crippen LogP contribution in [0.25, 0.3) is 10.9 Å². The topological polar surface area (TPSA) is 22.0 Å². The molecule has 0 amide bonds. The van der Waals surface area contributed by atoms with Gasteiger partial charge in [-0.1, -0.05) is 29.8 Å². The van der Waals surface area contributed by atoms with E-state index in [2.05, 4.69) is 0 Å². The molecule has 0 spiro atoms. The van der Waals surface area contributed by atoms with Gasteiger partial charge in [0.2, 0.25) is 0 Å². The minimum atomic E-state index is -0.120. The van der Waals surface area contributed by atoms with Gasteiger partial charge in [-0.3, -0.25) is 4.79 Å². The van der Waals surface area contributed by atoms with Gasteiger partial charge in [0.1, 0.15) is 5.02 Å². The third-order valence-corrected chi connectivity index (χ3v) is 2.69. The van der Waals surface area contributed by atoms with Crippen LogP contribution in [0.5, 0.6) is 0 Å². The number of para-hydroxylation sites is 1. The molecule has 0 bridgehead atoms. The van der Waals surface area contributed by atoms with Crippen molar-refractivity contribution in [3.63, 3.8) is 0 Å². The fraction of sp³-hybridized carbons (Fsp3) is 0.250. The Labute approximate surface area is 93.1 Å². The molecular weight excluding hydrogens is 210 g/mol. The van der Waals surface area contributed by atoms with E-state index in [-0.39, 0.29) is 16.6 Å². The van der Waals surface area contributed by atoms with Crippen LogP contribution in [0.2, 0.25) is 5.02 Å². The Kier molecular flexibility index (Phi) is 2.53. The number of fused-ring (bicyclic) bond motifs is 1. The maximum atomic E-state index is 11.9. The molecule has 0 N–H and O–H groups in total. The molecule has 1 aromatic carbocycles. The Morgan fingerprint density at radius 1 is 1.27 bits per heavy atom. The summed E-state index contributed by atoms with van der Waals surface area (Å²) in [4.78, 5) is 11.9. The molecule has 0 aliphatic carbocycles. The summed E-state index contributed by atoms with van der Waals surface area (Å²) in [5.41, 5.74) is 0.812. The molecule has 2 rings (SSSR count). The highest BCUT2D eigenvalue weighted by Crippen LogP contribution is 2.18. The summed E-state index contributed by atoms with van der Waals surface area (Å²) in [5, 5.41) is 1.28. The van der Waals surface area contributed by atoms with E-state index in [9.17, 15) is 4.79 Å². The molecule has 0 radical (unpaired) electrons. The molecule has 0 saturated carbocycles. The van der Waals surface area contributed by atoms with Gasteiger partial charge >= 0.3 is 0 Å². The Bertz CT molecular complexity index is 557. The van der Waals surface area contributed by atoms with E-state index in [4.69, 9.17) is 11.6 Å². The molecule has 0 atom stereocenters. The highest BCUT2D eigenvalue weighted by Gasteiger charge is 2.09. The van der Waals surface area contributed by atoms with E-state index in [1.807, 2.05) is 38.1 Å². The van der Waals surface area contributed by atoms with Crippen LogP contribution in [0.3, 0.4) is 0 Å². The number of pyridine rings is 1. The van der Waals surface area contributed by atoms with E-state index in [1.54, 1.807) is 10.6 Å². The van der Waals surface area contributed by atoms with Crippen molar-refractivity contribution < 1.29 is 0 Å². The minimum Gasteiger partial charge on any atom is -0.305 e. The lowest BCUT2D eigenvalue weighted by molar-refractivity contribution is 0.601.